The van der Waals surface area contributed by atoms with Crippen LogP contribution in [0, 0.1) is 11.8 Å². The minimum absolute atomic E-state index is 0.101. The monoisotopic (exact) mass is 291 g/mol. The van der Waals surface area contributed by atoms with Gasteiger partial charge < -0.3 is 15.5 Å². The van der Waals surface area contributed by atoms with Crippen molar-refractivity contribution in [2.45, 2.75) is 20.4 Å². The van der Waals surface area contributed by atoms with Gasteiger partial charge in [-0.3, -0.25) is 4.79 Å². The fraction of sp³-hybridized carbons (Fsp3) is 0.588. The topological polar surface area (TPSA) is 49.6 Å². The summed E-state index contributed by atoms with van der Waals surface area (Å²) in [6.45, 7) is 6.75. The van der Waals surface area contributed by atoms with E-state index in [0.29, 0.717) is 13.1 Å². The van der Waals surface area contributed by atoms with Crippen LogP contribution in [0.4, 0.5) is 0 Å². The van der Waals surface area contributed by atoms with Crippen molar-refractivity contribution in [3.05, 3.63) is 35.9 Å². The van der Waals surface area contributed by atoms with Crippen LogP contribution in [-0.4, -0.2) is 49.4 Å². The molecule has 0 fully saturated rings. The maximum Gasteiger partial charge on any atom is 0.227 e. The first-order valence-corrected chi connectivity index (χ1v) is 7.63. The molecule has 4 nitrogen and oxygen atoms in total. The highest BCUT2D eigenvalue weighted by molar-refractivity contribution is 5.79. The third-order valence-electron chi connectivity index (χ3n) is 3.72. The van der Waals surface area contributed by atoms with Crippen LogP contribution in [0.5, 0.6) is 0 Å². The third kappa shape index (κ3) is 5.86. The molecule has 0 spiro atoms. The van der Waals surface area contributed by atoms with E-state index in [-0.39, 0.29) is 17.7 Å². The summed E-state index contributed by atoms with van der Waals surface area (Å²) >= 11 is 0. The molecule has 1 rings (SSSR count). The Morgan fingerprint density at radius 2 is 1.76 bits per heavy atom. The second-order valence-electron chi connectivity index (χ2n) is 6.13. The first-order chi connectivity index (χ1) is 9.95. The van der Waals surface area contributed by atoms with Gasteiger partial charge in [0.2, 0.25) is 5.91 Å². The second kappa shape index (κ2) is 8.80. The molecule has 0 aliphatic rings. The molecule has 118 valence electrons. The summed E-state index contributed by atoms with van der Waals surface area (Å²) in [5.41, 5.74) is 6.96. The molecule has 0 saturated carbocycles. The second-order valence-corrected chi connectivity index (χ2v) is 6.13. The summed E-state index contributed by atoms with van der Waals surface area (Å²) in [7, 11) is 4.04. The Morgan fingerprint density at radius 1 is 1.14 bits per heavy atom. The van der Waals surface area contributed by atoms with Gasteiger partial charge in [0.25, 0.3) is 0 Å². The van der Waals surface area contributed by atoms with Crippen molar-refractivity contribution in [3.8, 4) is 0 Å². The summed E-state index contributed by atoms with van der Waals surface area (Å²) in [6.07, 6.45) is 0. The van der Waals surface area contributed by atoms with Gasteiger partial charge in [0.1, 0.15) is 0 Å². The number of nitrogens with two attached hydrogens (primary N) is 1. The summed E-state index contributed by atoms with van der Waals surface area (Å²) in [6, 6.07) is 10.1. The fourth-order valence-electron chi connectivity index (χ4n) is 2.28. The Kier molecular flexibility index (Phi) is 7.40. The van der Waals surface area contributed by atoms with Crippen LogP contribution in [0.25, 0.3) is 0 Å². The minimum atomic E-state index is -0.101. The Hall–Kier alpha value is -1.39. The summed E-state index contributed by atoms with van der Waals surface area (Å²) in [4.78, 5) is 16.8. The van der Waals surface area contributed by atoms with Crippen LogP contribution in [0.2, 0.25) is 0 Å². The Balaban J connectivity index is 2.82. The molecular weight excluding hydrogens is 262 g/mol. The highest BCUT2D eigenvalue weighted by Crippen LogP contribution is 2.15. The smallest absolute Gasteiger partial charge is 0.227 e. The Morgan fingerprint density at radius 3 is 2.24 bits per heavy atom. The number of rotatable bonds is 8. The molecule has 21 heavy (non-hydrogen) atoms. The van der Waals surface area contributed by atoms with Crippen LogP contribution in [0.3, 0.4) is 0 Å². The molecule has 1 unspecified atom stereocenters. The Bertz CT molecular complexity index is 417. The first-order valence-electron chi connectivity index (χ1n) is 7.63. The molecule has 1 amide bonds. The van der Waals surface area contributed by atoms with E-state index in [1.807, 2.05) is 37.2 Å². The van der Waals surface area contributed by atoms with Crippen molar-refractivity contribution in [2.24, 2.45) is 17.6 Å². The van der Waals surface area contributed by atoms with Crippen molar-refractivity contribution < 1.29 is 4.79 Å². The molecule has 1 aromatic carbocycles. The number of hydrogen-bond acceptors (Lipinski definition) is 3. The molecule has 0 aliphatic heterocycles. The molecule has 0 saturated heterocycles. The summed E-state index contributed by atoms with van der Waals surface area (Å²) in [5.74, 6) is 0.328. The molecule has 0 bridgehead atoms. The third-order valence-corrected chi connectivity index (χ3v) is 3.72. The zero-order chi connectivity index (χ0) is 15.8. The lowest BCUT2D eigenvalue weighted by molar-refractivity contribution is -0.137. The van der Waals surface area contributed by atoms with E-state index in [9.17, 15) is 4.79 Å². The van der Waals surface area contributed by atoms with Crippen LogP contribution < -0.4 is 5.73 Å². The zero-order valence-electron chi connectivity index (χ0n) is 13.7. The molecule has 1 atom stereocenters. The lowest BCUT2D eigenvalue weighted by Crippen LogP contribution is -2.43. The van der Waals surface area contributed by atoms with Gasteiger partial charge >= 0.3 is 0 Å². The largest absolute Gasteiger partial charge is 0.337 e. The van der Waals surface area contributed by atoms with E-state index in [2.05, 4.69) is 30.9 Å². The Labute approximate surface area is 128 Å². The van der Waals surface area contributed by atoms with E-state index >= 15 is 0 Å². The van der Waals surface area contributed by atoms with E-state index in [1.165, 1.54) is 0 Å². The predicted octanol–water partition coefficient (Wildman–Crippen LogP) is 1.81. The van der Waals surface area contributed by atoms with Gasteiger partial charge in [0.05, 0.1) is 5.92 Å². The summed E-state index contributed by atoms with van der Waals surface area (Å²) < 4.78 is 0. The maximum atomic E-state index is 12.8. The van der Waals surface area contributed by atoms with Crippen molar-refractivity contribution in [1.29, 1.82) is 0 Å². The zero-order valence-corrected chi connectivity index (χ0v) is 13.7. The predicted molar refractivity (Wildman–Crippen MR) is 87.8 cm³/mol. The lowest BCUT2D eigenvalue weighted by Gasteiger charge is -2.29. The average Bonchev–Trinajstić information content (AvgIpc) is 2.44. The standard InChI is InChI=1S/C17H29N3O/c1-14(2)16(12-18)17(21)20(11-10-19(3)4)13-15-8-6-5-7-9-15/h5-9,14,16H,10-13,18H2,1-4H3. The molecule has 2 N–H and O–H groups in total. The van der Waals surface area contributed by atoms with Crippen LogP contribution in [-0.2, 0) is 11.3 Å². The van der Waals surface area contributed by atoms with E-state index in [0.717, 1.165) is 18.7 Å². The van der Waals surface area contributed by atoms with E-state index in [1.54, 1.807) is 0 Å². The van der Waals surface area contributed by atoms with Crippen LogP contribution in [0.15, 0.2) is 30.3 Å². The molecule has 0 aliphatic carbocycles. The SMILES string of the molecule is CC(C)C(CN)C(=O)N(CCN(C)C)Cc1ccccc1. The number of nitrogens with zero attached hydrogens (tertiary/aromatic N) is 2. The van der Waals surface area contributed by atoms with Gasteiger partial charge in [-0.2, -0.15) is 0 Å². The van der Waals surface area contributed by atoms with Gasteiger partial charge in [-0.15, -0.1) is 0 Å². The fourth-order valence-corrected chi connectivity index (χ4v) is 2.28. The lowest BCUT2D eigenvalue weighted by atomic mass is 9.94. The number of carbonyl (C=O) groups is 1. The van der Waals surface area contributed by atoms with E-state index in [4.69, 9.17) is 5.73 Å². The van der Waals surface area contributed by atoms with Crippen molar-refractivity contribution in [1.82, 2.24) is 9.80 Å². The van der Waals surface area contributed by atoms with E-state index < -0.39 is 0 Å². The average molecular weight is 291 g/mol. The molecular formula is C17H29N3O. The molecule has 0 radical (unpaired) electrons. The number of amides is 1. The number of hydrogen-bond donors (Lipinski definition) is 1. The van der Waals surface area contributed by atoms with Crippen molar-refractivity contribution in [2.75, 3.05) is 33.7 Å². The van der Waals surface area contributed by atoms with Crippen LogP contribution in [0.1, 0.15) is 19.4 Å². The molecule has 0 aromatic heterocycles. The molecule has 0 heterocycles. The van der Waals surface area contributed by atoms with Crippen molar-refractivity contribution in [3.63, 3.8) is 0 Å². The number of benzene rings is 1. The number of carbonyl (C=O) groups excluding carboxylic acids is 1. The van der Waals surface area contributed by atoms with Gasteiger partial charge in [0, 0.05) is 26.2 Å². The molecule has 4 heteroatoms. The number of likely N-dealkylation sites (N-methyl/N-ethyl adjacent to an activating group) is 1. The van der Waals surface area contributed by atoms with Crippen molar-refractivity contribution >= 4 is 5.91 Å². The maximum absolute atomic E-state index is 12.8. The normalized spacial score (nSPS) is 12.7. The minimum Gasteiger partial charge on any atom is -0.337 e. The van der Waals surface area contributed by atoms with Gasteiger partial charge in [-0.05, 0) is 25.6 Å². The first kappa shape index (κ1) is 17.7. The van der Waals surface area contributed by atoms with Gasteiger partial charge in [-0.1, -0.05) is 44.2 Å². The highest BCUT2D eigenvalue weighted by Gasteiger charge is 2.25. The highest BCUT2D eigenvalue weighted by atomic mass is 16.2. The molecule has 1 aromatic rings. The van der Waals surface area contributed by atoms with Gasteiger partial charge in [-0.25, -0.2) is 0 Å². The summed E-state index contributed by atoms with van der Waals surface area (Å²) in [5, 5.41) is 0. The quantitative estimate of drug-likeness (QED) is 0.794. The van der Waals surface area contributed by atoms with Crippen LogP contribution >= 0.6 is 0 Å². The van der Waals surface area contributed by atoms with Gasteiger partial charge in [0.15, 0.2) is 0 Å².